The molecule has 0 saturated heterocycles. The molecule has 2 heterocycles. The SMILES string of the molecule is CCCCCCN1c2ccc(-c3ccc(OCC(CC)CCCC)cc3)cc2Sc2cc(-c3cccs3)ccc21. The zero-order chi connectivity index (χ0) is 27.7. The van der Waals surface area contributed by atoms with Crippen LogP contribution in [-0.2, 0) is 0 Å². The Bertz CT molecular complexity index is 1350. The molecule has 4 aromatic rings. The van der Waals surface area contributed by atoms with Gasteiger partial charge in [0.1, 0.15) is 5.75 Å². The molecule has 2 nitrogen and oxygen atoms in total. The molecule has 0 aliphatic carbocycles. The van der Waals surface area contributed by atoms with Gasteiger partial charge >= 0.3 is 0 Å². The molecule has 40 heavy (non-hydrogen) atoms. The lowest BCUT2D eigenvalue weighted by molar-refractivity contribution is 0.233. The molecule has 0 radical (unpaired) electrons. The Morgan fingerprint density at radius 3 is 2.10 bits per heavy atom. The summed E-state index contributed by atoms with van der Waals surface area (Å²) in [5, 5.41) is 2.16. The Morgan fingerprint density at radius 1 is 0.725 bits per heavy atom. The quantitative estimate of drug-likeness (QED) is 0.140. The van der Waals surface area contributed by atoms with E-state index >= 15 is 0 Å². The van der Waals surface area contributed by atoms with Crippen LogP contribution in [-0.4, -0.2) is 13.2 Å². The van der Waals surface area contributed by atoms with Crippen molar-refractivity contribution in [2.75, 3.05) is 18.1 Å². The number of hydrogen-bond acceptors (Lipinski definition) is 4. The molecule has 0 bridgehead atoms. The maximum Gasteiger partial charge on any atom is 0.119 e. The van der Waals surface area contributed by atoms with E-state index in [1.807, 2.05) is 23.1 Å². The van der Waals surface area contributed by atoms with Crippen molar-refractivity contribution < 1.29 is 4.74 Å². The number of thiophene rings is 1. The summed E-state index contributed by atoms with van der Waals surface area (Å²) in [6, 6.07) is 27.1. The van der Waals surface area contributed by atoms with Crippen molar-refractivity contribution in [3.8, 4) is 27.3 Å². The van der Waals surface area contributed by atoms with Gasteiger partial charge in [-0.1, -0.05) is 101 Å². The number of unbranched alkanes of at least 4 members (excludes halogenated alkanes) is 4. The standard InChI is InChI=1S/C36H43NOS2/c1-4-7-9-10-22-37-32-20-16-29(28-14-18-31(19-15-28)38-26-27(6-3)12-8-5-2)24-35(32)40-36-25-30(17-21-33(36)37)34-13-11-23-39-34/h11,13-21,23-25,27H,4-10,12,22,26H2,1-3H3. The predicted molar refractivity (Wildman–Crippen MR) is 176 cm³/mol. The molecule has 210 valence electrons. The predicted octanol–water partition coefficient (Wildman–Crippen LogP) is 11.9. The van der Waals surface area contributed by atoms with Crippen LogP contribution in [0.3, 0.4) is 0 Å². The molecule has 3 aromatic carbocycles. The molecule has 0 amide bonds. The Balaban J connectivity index is 1.36. The van der Waals surface area contributed by atoms with Gasteiger partial charge in [-0.15, -0.1) is 11.3 Å². The summed E-state index contributed by atoms with van der Waals surface area (Å²) in [4.78, 5) is 6.57. The highest BCUT2D eigenvalue weighted by molar-refractivity contribution is 7.99. The molecular formula is C36H43NOS2. The monoisotopic (exact) mass is 569 g/mol. The molecule has 5 rings (SSSR count). The topological polar surface area (TPSA) is 12.5 Å². The first-order valence-electron chi connectivity index (χ1n) is 15.2. The fraction of sp³-hybridized carbons (Fsp3) is 0.389. The van der Waals surface area contributed by atoms with E-state index in [2.05, 4.69) is 104 Å². The van der Waals surface area contributed by atoms with Crippen LogP contribution in [0.25, 0.3) is 21.6 Å². The number of fused-ring (bicyclic) bond motifs is 2. The van der Waals surface area contributed by atoms with Gasteiger partial charge in [-0.3, -0.25) is 0 Å². The molecule has 0 spiro atoms. The van der Waals surface area contributed by atoms with Crippen LogP contribution < -0.4 is 9.64 Å². The van der Waals surface area contributed by atoms with Gasteiger partial charge in [0, 0.05) is 21.2 Å². The fourth-order valence-corrected chi connectivity index (χ4v) is 7.35. The molecule has 1 unspecified atom stereocenters. The van der Waals surface area contributed by atoms with E-state index in [-0.39, 0.29) is 0 Å². The first-order valence-corrected chi connectivity index (χ1v) is 16.9. The summed E-state index contributed by atoms with van der Waals surface area (Å²) in [5.74, 6) is 1.62. The second kappa shape index (κ2) is 14.3. The maximum absolute atomic E-state index is 6.18. The number of ether oxygens (including phenoxy) is 1. The Morgan fingerprint density at radius 2 is 1.43 bits per heavy atom. The summed E-state index contributed by atoms with van der Waals surface area (Å²) < 4.78 is 6.18. The second-order valence-electron chi connectivity index (χ2n) is 10.9. The van der Waals surface area contributed by atoms with Crippen LogP contribution in [0.2, 0.25) is 0 Å². The van der Waals surface area contributed by atoms with E-state index < -0.39 is 0 Å². The summed E-state index contributed by atoms with van der Waals surface area (Å²) in [5.41, 5.74) is 6.48. The molecule has 1 aliphatic heterocycles. The van der Waals surface area contributed by atoms with E-state index in [0.29, 0.717) is 5.92 Å². The van der Waals surface area contributed by atoms with Crippen molar-refractivity contribution in [3.63, 3.8) is 0 Å². The molecular weight excluding hydrogens is 527 g/mol. The smallest absolute Gasteiger partial charge is 0.119 e. The Labute approximate surface area is 249 Å². The maximum atomic E-state index is 6.18. The second-order valence-corrected chi connectivity index (χ2v) is 12.9. The van der Waals surface area contributed by atoms with Crippen LogP contribution in [0, 0.1) is 5.92 Å². The molecule has 0 saturated carbocycles. The van der Waals surface area contributed by atoms with Gasteiger partial charge in [-0.2, -0.15) is 0 Å². The Hall–Kier alpha value is -2.69. The van der Waals surface area contributed by atoms with Gasteiger partial charge in [0.2, 0.25) is 0 Å². The minimum Gasteiger partial charge on any atom is -0.493 e. The van der Waals surface area contributed by atoms with Gasteiger partial charge < -0.3 is 9.64 Å². The minimum atomic E-state index is 0.644. The number of benzene rings is 3. The summed E-state index contributed by atoms with van der Waals surface area (Å²) in [6.45, 7) is 8.68. The highest BCUT2D eigenvalue weighted by Gasteiger charge is 2.24. The largest absolute Gasteiger partial charge is 0.493 e. The minimum absolute atomic E-state index is 0.644. The van der Waals surface area contributed by atoms with Crippen molar-refractivity contribution in [1.29, 1.82) is 0 Å². The number of rotatable bonds is 14. The third-order valence-corrected chi connectivity index (χ3v) is 9.99. The van der Waals surface area contributed by atoms with Gasteiger partial charge in [0.05, 0.1) is 18.0 Å². The molecule has 0 N–H and O–H groups in total. The molecule has 1 aromatic heterocycles. The third kappa shape index (κ3) is 6.95. The lowest BCUT2D eigenvalue weighted by Crippen LogP contribution is -2.22. The molecule has 1 atom stereocenters. The van der Waals surface area contributed by atoms with E-state index in [9.17, 15) is 0 Å². The molecule has 1 aliphatic rings. The lowest BCUT2D eigenvalue weighted by atomic mass is 10.0. The Kier molecular flexibility index (Phi) is 10.3. The van der Waals surface area contributed by atoms with Crippen molar-refractivity contribution >= 4 is 34.5 Å². The van der Waals surface area contributed by atoms with E-state index in [1.165, 1.54) is 94.1 Å². The average molecular weight is 570 g/mol. The van der Waals surface area contributed by atoms with Gasteiger partial charge in [0.25, 0.3) is 0 Å². The summed E-state index contributed by atoms with van der Waals surface area (Å²) >= 11 is 3.72. The number of anilines is 2. The number of nitrogens with zero attached hydrogens (tertiary/aromatic N) is 1. The average Bonchev–Trinajstić information content (AvgIpc) is 3.54. The summed E-state index contributed by atoms with van der Waals surface area (Å²) in [7, 11) is 0. The van der Waals surface area contributed by atoms with E-state index in [0.717, 1.165) is 18.9 Å². The van der Waals surface area contributed by atoms with Crippen LogP contribution >= 0.6 is 23.1 Å². The molecule has 0 fully saturated rings. The zero-order valence-corrected chi connectivity index (χ0v) is 26.0. The fourth-order valence-electron chi connectivity index (χ4n) is 5.46. The van der Waals surface area contributed by atoms with E-state index in [4.69, 9.17) is 4.74 Å². The highest BCUT2D eigenvalue weighted by Crippen LogP contribution is 2.50. The first-order chi connectivity index (χ1) is 19.7. The van der Waals surface area contributed by atoms with Crippen LogP contribution in [0.15, 0.2) is 88.0 Å². The lowest BCUT2D eigenvalue weighted by Gasteiger charge is -2.33. The summed E-state index contributed by atoms with van der Waals surface area (Å²) in [6.07, 6.45) is 10.0. The van der Waals surface area contributed by atoms with Crippen LogP contribution in [0.5, 0.6) is 5.75 Å². The van der Waals surface area contributed by atoms with Crippen molar-refractivity contribution in [1.82, 2.24) is 0 Å². The van der Waals surface area contributed by atoms with Crippen LogP contribution in [0.4, 0.5) is 11.4 Å². The first kappa shape index (κ1) is 28.8. The van der Waals surface area contributed by atoms with E-state index in [1.54, 1.807) is 0 Å². The van der Waals surface area contributed by atoms with Gasteiger partial charge in [-0.05, 0) is 83.3 Å². The third-order valence-electron chi connectivity index (χ3n) is 7.98. The van der Waals surface area contributed by atoms with Crippen molar-refractivity contribution in [3.05, 3.63) is 78.2 Å². The van der Waals surface area contributed by atoms with Crippen molar-refractivity contribution in [2.45, 2.75) is 81.9 Å². The van der Waals surface area contributed by atoms with Gasteiger partial charge in [-0.25, -0.2) is 0 Å². The zero-order valence-electron chi connectivity index (χ0n) is 24.3. The number of hydrogen-bond donors (Lipinski definition) is 0. The van der Waals surface area contributed by atoms with Gasteiger partial charge in [0.15, 0.2) is 0 Å². The van der Waals surface area contributed by atoms with Crippen molar-refractivity contribution in [2.24, 2.45) is 5.92 Å². The normalized spacial score (nSPS) is 13.1. The van der Waals surface area contributed by atoms with Crippen LogP contribution in [0.1, 0.15) is 72.1 Å². The highest BCUT2D eigenvalue weighted by atomic mass is 32.2. The molecule has 4 heteroatoms.